The lowest BCUT2D eigenvalue weighted by molar-refractivity contribution is -0.485. The molecule has 0 aliphatic carbocycles. The largest absolute Gasteiger partial charge is 0.351 e. The maximum absolute atomic E-state index is 10.8. The Morgan fingerprint density at radius 1 is 0.619 bits per heavy atom. The minimum Gasteiger partial charge on any atom is -0.351 e. The molecule has 16 heteroatoms. The third-order valence-electron chi connectivity index (χ3n) is 6.05. The van der Waals surface area contributed by atoms with Gasteiger partial charge in [0.15, 0.2) is 10.1 Å². The summed E-state index contributed by atoms with van der Waals surface area (Å²) in [4.78, 5) is 29.6. The highest BCUT2D eigenvalue weighted by Crippen LogP contribution is 2.10. The Hall–Kier alpha value is -3.78. The van der Waals surface area contributed by atoms with Gasteiger partial charge in [-0.15, -0.1) is 0 Å². The minimum atomic E-state index is -0.729. The van der Waals surface area contributed by atoms with Crippen LogP contribution in [-0.2, 0) is 13.1 Å². The molecule has 2 aromatic rings. The highest BCUT2D eigenvalue weighted by Gasteiger charge is 2.06. The van der Waals surface area contributed by atoms with E-state index in [0.717, 1.165) is 62.5 Å². The normalized spacial score (nSPS) is 11.7. The van der Waals surface area contributed by atoms with Crippen molar-refractivity contribution in [2.75, 3.05) is 13.1 Å². The molecule has 0 amide bonds. The summed E-state index contributed by atoms with van der Waals surface area (Å²) in [5.41, 5.74) is 1.67. The molecule has 0 saturated carbocycles. The first-order valence-corrected chi connectivity index (χ1v) is 14.7. The third kappa shape index (κ3) is 17.1. The first-order chi connectivity index (χ1) is 20.3. The van der Waals surface area contributed by atoms with Crippen molar-refractivity contribution in [2.45, 2.75) is 77.3 Å². The standard InChI is InChI=1S/C26H38Cl2N10O4/c27-23-13-11-21(17-31-23)19-33-25(35-37(39)40)29-15-9-7-5-3-1-2-4-6-8-10-16-30-26(36-38(41)42)34-20-22-12-14-24(28)32-18-22/h11-14,17-18H,1-10,15-16,19-20H2,(H2,29,33,35)(H2,30,34,36). The molecule has 42 heavy (non-hydrogen) atoms. The van der Waals surface area contributed by atoms with Gasteiger partial charge in [0.2, 0.25) is 0 Å². The molecule has 2 heterocycles. The summed E-state index contributed by atoms with van der Waals surface area (Å²) < 4.78 is 0. The molecule has 0 unspecified atom stereocenters. The average Bonchev–Trinajstić information content (AvgIpc) is 2.95. The predicted molar refractivity (Wildman–Crippen MR) is 163 cm³/mol. The van der Waals surface area contributed by atoms with Gasteiger partial charge in [-0.05, 0) is 36.1 Å². The fourth-order valence-corrected chi connectivity index (χ4v) is 4.12. The number of hydrogen-bond donors (Lipinski definition) is 4. The van der Waals surface area contributed by atoms with Crippen LogP contribution in [0.25, 0.3) is 0 Å². The molecule has 0 aromatic carbocycles. The molecule has 0 bridgehead atoms. The number of halogens is 2. The smallest absolute Gasteiger partial charge is 0.269 e. The zero-order valence-corrected chi connectivity index (χ0v) is 24.9. The summed E-state index contributed by atoms with van der Waals surface area (Å²) >= 11 is 11.5. The van der Waals surface area contributed by atoms with Gasteiger partial charge >= 0.3 is 0 Å². The molecule has 0 spiro atoms. The van der Waals surface area contributed by atoms with E-state index in [2.05, 4.69) is 41.4 Å². The van der Waals surface area contributed by atoms with Gasteiger partial charge < -0.3 is 21.3 Å². The van der Waals surface area contributed by atoms with Crippen molar-refractivity contribution in [3.8, 4) is 0 Å². The number of nitrogens with one attached hydrogen (secondary N) is 4. The molecule has 0 aliphatic rings. The number of hydrogen-bond acceptors (Lipinski definition) is 6. The van der Waals surface area contributed by atoms with Crippen molar-refractivity contribution < 1.29 is 10.1 Å². The van der Waals surface area contributed by atoms with Crippen LogP contribution >= 0.6 is 23.2 Å². The number of nitro groups is 2. The lowest BCUT2D eigenvalue weighted by atomic mass is 10.1. The van der Waals surface area contributed by atoms with Crippen LogP contribution in [0.15, 0.2) is 46.9 Å². The molecular formula is C26H38Cl2N10O4. The van der Waals surface area contributed by atoms with Crippen LogP contribution < -0.4 is 21.3 Å². The number of unbranched alkanes of at least 4 members (excludes halogenated alkanes) is 9. The summed E-state index contributed by atoms with van der Waals surface area (Å²) in [6.45, 7) is 1.87. The molecular weight excluding hydrogens is 587 g/mol. The van der Waals surface area contributed by atoms with Gasteiger partial charge in [-0.2, -0.15) is 0 Å². The Morgan fingerprint density at radius 2 is 0.976 bits per heavy atom. The lowest BCUT2D eigenvalue weighted by Gasteiger charge is -2.10. The van der Waals surface area contributed by atoms with Gasteiger partial charge in [0.05, 0.1) is 0 Å². The topological polar surface area (TPSA) is 185 Å². The Labute approximate surface area is 255 Å². The van der Waals surface area contributed by atoms with E-state index in [-0.39, 0.29) is 11.9 Å². The van der Waals surface area contributed by atoms with Crippen molar-refractivity contribution >= 4 is 35.1 Å². The monoisotopic (exact) mass is 624 g/mol. The number of hydrazone groups is 2. The fraction of sp³-hybridized carbons (Fsp3) is 0.538. The Morgan fingerprint density at radius 3 is 1.29 bits per heavy atom. The van der Waals surface area contributed by atoms with Crippen LogP contribution in [0.1, 0.15) is 75.3 Å². The molecule has 230 valence electrons. The van der Waals surface area contributed by atoms with E-state index in [4.69, 9.17) is 23.2 Å². The van der Waals surface area contributed by atoms with Crippen LogP contribution in [-0.4, -0.2) is 45.0 Å². The maximum Gasteiger partial charge on any atom is 0.269 e. The highest BCUT2D eigenvalue weighted by atomic mass is 35.5. The maximum atomic E-state index is 10.8. The lowest BCUT2D eigenvalue weighted by Crippen LogP contribution is -2.38. The number of pyridine rings is 2. The molecule has 0 atom stereocenters. The summed E-state index contributed by atoms with van der Waals surface area (Å²) in [5.74, 6) is 0.247. The Kier molecular flexibility index (Phi) is 17.2. The zero-order chi connectivity index (χ0) is 30.4. The van der Waals surface area contributed by atoms with Crippen molar-refractivity contribution in [1.29, 1.82) is 0 Å². The second kappa shape index (κ2) is 21.0. The van der Waals surface area contributed by atoms with E-state index in [0.29, 0.717) is 36.5 Å². The first kappa shape index (κ1) is 34.4. The van der Waals surface area contributed by atoms with E-state index in [9.17, 15) is 20.2 Å². The van der Waals surface area contributed by atoms with Crippen LogP contribution in [0.5, 0.6) is 0 Å². The zero-order valence-electron chi connectivity index (χ0n) is 23.4. The van der Waals surface area contributed by atoms with Crippen LogP contribution in [0, 0.1) is 20.2 Å². The van der Waals surface area contributed by atoms with Crippen LogP contribution in [0.2, 0.25) is 10.3 Å². The predicted octanol–water partition coefficient (Wildman–Crippen LogP) is 4.84. The van der Waals surface area contributed by atoms with Gasteiger partial charge in [0.25, 0.3) is 11.9 Å². The van der Waals surface area contributed by atoms with E-state index in [1.54, 1.807) is 36.7 Å². The summed E-state index contributed by atoms with van der Waals surface area (Å²) in [5, 5.41) is 39.5. The SMILES string of the molecule is O=[N+]([O-])N=C(NCCCCCCCCCCCCNC(=N[N+](=O)[O-])NCc1ccc(Cl)nc1)NCc1ccc(Cl)nc1. The second-order valence-electron chi connectivity index (χ2n) is 9.45. The molecule has 0 saturated heterocycles. The van der Waals surface area contributed by atoms with E-state index < -0.39 is 10.1 Å². The second-order valence-corrected chi connectivity index (χ2v) is 10.2. The molecule has 0 radical (unpaired) electrons. The molecule has 0 aliphatic heterocycles. The number of aromatic nitrogens is 2. The minimum absolute atomic E-state index is 0.123. The number of rotatable bonds is 19. The third-order valence-corrected chi connectivity index (χ3v) is 6.50. The fourth-order valence-electron chi connectivity index (χ4n) is 3.90. The van der Waals surface area contributed by atoms with Gasteiger partial charge in [-0.25, -0.2) is 30.2 Å². The Balaban J connectivity index is 1.46. The van der Waals surface area contributed by atoms with Gasteiger partial charge in [0, 0.05) is 38.6 Å². The van der Waals surface area contributed by atoms with E-state index in [1.165, 1.54) is 12.8 Å². The van der Waals surface area contributed by atoms with Crippen LogP contribution in [0.3, 0.4) is 0 Å². The van der Waals surface area contributed by atoms with Gasteiger partial charge in [-0.3, -0.25) is 0 Å². The summed E-state index contributed by atoms with van der Waals surface area (Å²) in [7, 11) is 0. The van der Waals surface area contributed by atoms with Crippen molar-refractivity contribution in [1.82, 2.24) is 31.2 Å². The van der Waals surface area contributed by atoms with Crippen molar-refractivity contribution in [3.63, 3.8) is 0 Å². The van der Waals surface area contributed by atoms with E-state index in [1.807, 2.05) is 0 Å². The van der Waals surface area contributed by atoms with Crippen molar-refractivity contribution in [3.05, 3.63) is 78.3 Å². The number of guanidine groups is 2. The molecule has 2 aromatic heterocycles. The van der Waals surface area contributed by atoms with E-state index >= 15 is 0 Å². The van der Waals surface area contributed by atoms with Gasteiger partial charge in [0.1, 0.15) is 20.5 Å². The average molecular weight is 626 g/mol. The highest BCUT2D eigenvalue weighted by molar-refractivity contribution is 6.29. The molecule has 14 nitrogen and oxygen atoms in total. The first-order valence-electron chi connectivity index (χ1n) is 13.9. The summed E-state index contributed by atoms with van der Waals surface area (Å²) in [6, 6.07) is 6.90. The summed E-state index contributed by atoms with van der Waals surface area (Å²) in [6.07, 6.45) is 13.9. The van der Waals surface area contributed by atoms with Crippen LogP contribution in [0.4, 0.5) is 0 Å². The molecule has 0 fully saturated rings. The Bertz CT molecular complexity index is 1050. The quantitative estimate of drug-likeness (QED) is 0.0421. The molecule has 4 N–H and O–H groups in total. The molecule has 2 rings (SSSR count). The van der Waals surface area contributed by atoms with Gasteiger partial charge in [-0.1, -0.05) is 86.7 Å². The van der Waals surface area contributed by atoms with Crippen molar-refractivity contribution in [2.24, 2.45) is 10.2 Å². The number of nitrogens with zero attached hydrogens (tertiary/aromatic N) is 6.